The van der Waals surface area contributed by atoms with Crippen molar-refractivity contribution < 1.29 is 14.3 Å². The molecule has 0 unspecified atom stereocenters. The van der Waals surface area contributed by atoms with Crippen molar-refractivity contribution in [2.75, 3.05) is 24.6 Å². The predicted molar refractivity (Wildman–Crippen MR) is 111 cm³/mol. The first-order valence-corrected chi connectivity index (χ1v) is 10.1. The van der Waals surface area contributed by atoms with Crippen LogP contribution in [0.1, 0.15) is 55.9 Å². The molecular weight excluding hydrogens is 366 g/mol. The molecule has 152 valence electrons. The molecule has 0 bridgehead atoms. The molecule has 0 saturated heterocycles. The number of aryl methyl sites for hydroxylation is 1. The van der Waals surface area contributed by atoms with E-state index in [1.54, 1.807) is 12.3 Å². The first-order chi connectivity index (χ1) is 14.1. The normalized spacial score (nSPS) is 14.7. The van der Waals surface area contributed by atoms with Crippen molar-refractivity contribution in [3.8, 4) is 11.8 Å². The highest BCUT2D eigenvalue weighted by molar-refractivity contribution is 5.66. The van der Waals surface area contributed by atoms with Gasteiger partial charge < -0.3 is 14.4 Å². The van der Waals surface area contributed by atoms with E-state index in [-0.39, 0.29) is 12.1 Å². The van der Waals surface area contributed by atoms with Gasteiger partial charge in [-0.3, -0.25) is 4.79 Å². The van der Waals surface area contributed by atoms with Crippen molar-refractivity contribution in [3.63, 3.8) is 0 Å². The Balaban J connectivity index is 1.51. The van der Waals surface area contributed by atoms with Crippen molar-refractivity contribution in [2.24, 2.45) is 0 Å². The van der Waals surface area contributed by atoms with Gasteiger partial charge in [-0.1, -0.05) is 13.0 Å². The zero-order valence-corrected chi connectivity index (χ0v) is 17.1. The van der Waals surface area contributed by atoms with E-state index in [1.807, 2.05) is 18.2 Å². The summed E-state index contributed by atoms with van der Waals surface area (Å²) >= 11 is 0. The second-order valence-corrected chi connectivity index (χ2v) is 7.20. The van der Waals surface area contributed by atoms with Gasteiger partial charge >= 0.3 is 5.97 Å². The molecule has 0 spiro atoms. The van der Waals surface area contributed by atoms with Gasteiger partial charge in [0.2, 0.25) is 0 Å². The fourth-order valence-corrected chi connectivity index (χ4v) is 3.66. The number of carbonyl (C=O) groups is 1. The summed E-state index contributed by atoms with van der Waals surface area (Å²) in [6.07, 6.45) is 5.12. The SMILES string of the molecule is CCCN(CCCOc1ccc2c(c1)CC[C@@H]2OC(C)=O)c1ccc(C#N)cn1. The molecule has 0 saturated carbocycles. The van der Waals surface area contributed by atoms with Crippen molar-refractivity contribution in [2.45, 2.75) is 45.6 Å². The second-order valence-electron chi connectivity index (χ2n) is 7.20. The van der Waals surface area contributed by atoms with Crippen LogP contribution in [0.3, 0.4) is 0 Å². The van der Waals surface area contributed by atoms with Gasteiger partial charge in [0.1, 0.15) is 23.7 Å². The van der Waals surface area contributed by atoms with E-state index in [0.29, 0.717) is 12.2 Å². The maximum absolute atomic E-state index is 11.2. The third-order valence-electron chi connectivity index (χ3n) is 4.98. The van der Waals surface area contributed by atoms with E-state index < -0.39 is 0 Å². The molecular formula is C23H27N3O3. The average Bonchev–Trinajstić information content (AvgIpc) is 3.12. The smallest absolute Gasteiger partial charge is 0.303 e. The Hall–Kier alpha value is -3.07. The van der Waals surface area contributed by atoms with E-state index >= 15 is 0 Å². The number of hydrogen-bond donors (Lipinski definition) is 0. The van der Waals surface area contributed by atoms with Gasteiger partial charge in [-0.25, -0.2) is 4.98 Å². The molecule has 0 fully saturated rings. The van der Waals surface area contributed by atoms with Crippen molar-refractivity contribution in [3.05, 3.63) is 53.2 Å². The Morgan fingerprint density at radius 1 is 1.31 bits per heavy atom. The number of fused-ring (bicyclic) bond motifs is 1. The first kappa shape index (κ1) is 20.7. The highest BCUT2D eigenvalue weighted by Gasteiger charge is 2.25. The first-order valence-electron chi connectivity index (χ1n) is 10.1. The zero-order chi connectivity index (χ0) is 20.6. The number of anilines is 1. The van der Waals surface area contributed by atoms with Gasteiger partial charge in [-0.15, -0.1) is 0 Å². The van der Waals surface area contributed by atoms with E-state index in [1.165, 1.54) is 12.5 Å². The maximum atomic E-state index is 11.2. The molecule has 0 aliphatic heterocycles. The number of hydrogen-bond acceptors (Lipinski definition) is 6. The summed E-state index contributed by atoms with van der Waals surface area (Å²) in [4.78, 5) is 17.8. The van der Waals surface area contributed by atoms with Crippen LogP contribution in [0, 0.1) is 11.3 Å². The van der Waals surface area contributed by atoms with Gasteiger partial charge in [0, 0.05) is 26.2 Å². The van der Waals surface area contributed by atoms with Gasteiger partial charge in [0.05, 0.1) is 12.2 Å². The number of ether oxygens (including phenoxy) is 2. The molecule has 1 aromatic heterocycles. The topological polar surface area (TPSA) is 75.5 Å². The number of esters is 1. The number of carbonyl (C=O) groups excluding carboxylic acids is 1. The number of aromatic nitrogens is 1. The summed E-state index contributed by atoms with van der Waals surface area (Å²) < 4.78 is 11.3. The summed E-state index contributed by atoms with van der Waals surface area (Å²) in [6, 6.07) is 11.8. The number of nitrogens with zero attached hydrogens (tertiary/aromatic N) is 3. The van der Waals surface area contributed by atoms with Crippen LogP contribution >= 0.6 is 0 Å². The summed E-state index contributed by atoms with van der Waals surface area (Å²) in [7, 11) is 0. The molecule has 29 heavy (non-hydrogen) atoms. The molecule has 1 aromatic carbocycles. The van der Waals surface area contributed by atoms with E-state index in [0.717, 1.165) is 55.9 Å². The number of rotatable bonds is 9. The minimum atomic E-state index is -0.239. The van der Waals surface area contributed by atoms with Crippen molar-refractivity contribution in [1.29, 1.82) is 5.26 Å². The zero-order valence-electron chi connectivity index (χ0n) is 17.1. The standard InChI is InChI=1S/C23H27N3O3/c1-3-11-26(23-10-5-18(15-24)16-25-23)12-4-13-28-20-7-8-21-19(14-20)6-9-22(21)29-17(2)27/h5,7-8,10,14,16,22H,3-4,6,9,11-13H2,1-2H3/t22-/m0/s1. The van der Waals surface area contributed by atoms with Crippen LogP contribution in [0.4, 0.5) is 5.82 Å². The van der Waals surface area contributed by atoms with Crippen LogP contribution in [-0.4, -0.2) is 30.6 Å². The summed E-state index contributed by atoms with van der Waals surface area (Å²) in [5.74, 6) is 1.50. The highest BCUT2D eigenvalue weighted by atomic mass is 16.5. The molecule has 3 rings (SSSR count). The Bertz CT molecular complexity index is 874. The molecule has 0 N–H and O–H groups in total. The lowest BCUT2D eigenvalue weighted by Crippen LogP contribution is -2.27. The van der Waals surface area contributed by atoms with Crippen LogP contribution < -0.4 is 9.64 Å². The summed E-state index contributed by atoms with van der Waals surface area (Å²) in [5.41, 5.74) is 2.86. The van der Waals surface area contributed by atoms with Gasteiger partial charge in [-0.05, 0) is 61.1 Å². The fraction of sp³-hybridized carbons (Fsp3) is 0.435. The Kier molecular flexibility index (Phi) is 7.07. The molecule has 1 aliphatic carbocycles. The summed E-state index contributed by atoms with van der Waals surface area (Å²) in [6.45, 7) is 5.95. The van der Waals surface area contributed by atoms with Crippen molar-refractivity contribution in [1.82, 2.24) is 4.98 Å². The lowest BCUT2D eigenvalue weighted by Gasteiger charge is -2.23. The minimum Gasteiger partial charge on any atom is -0.494 e. The molecule has 6 heteroatoms. The number of nitriles is 1. The quantitative estimate of drug-likeness (QED) is 0.470. The monoisotopic (exact) mass is 393 g/mol. The molecule has 2 aromatic rings. The molecule has 0 radical (unpaired) electrons. The van der Waals surface area contributed by atoms with Gasteiger partial charge in [0.15, 0.2) is 0 Å². The average molecular weight is 393 g/mol. The molecule has 0 amide bonds. The number of pyridine rings is 1. The van der Waals surface area contributed by atoms with Crippen LogP contribution in [0.15, 0.2) is 36.5 Å². The Morgan fingerprint density at radius 3 is 2.86 bits per heavy atom. The van der Waals surface area contributed by atoms with Crippen LogP contribution in [-0.2, 0) is 16.0 Å². The van der Waals surface area contributed by atoms with Crippen LogP contribution in [0.2, 0.25) is 0 Å². The molecule has 1 aliphatic rings. The Morgan fingerprint density at radius 2 is 2.17 bits per heavy atom. The maximum Gasteiger partial charge on any atom is 0.303 e. The number of benzene rings is 1. The van der Waals surface area contributed by atoms with E-state index in [4.69, 9.17) is 14.7 Å². The lowest BCUT2D eigenvalue weighted by molar-refractivity contribution is -0.146. The molecule has 6 nitrogen and oxygen atoms in total. The summed E-state index contributed by atoms with van der Waals surface area (Å²) in [5, 5.41) is 8.92. The largest absolute Gasteiger partial charge is 0.494 e. The predicted octanol–water partition coefficient (Wildman–Crippen LogP) is 4.19. The van der Waals surface area contributed by atoms with Crippen molar-refractivity contribution >= 4 is 11.8 Å². The van der Waals surface area contributed by atoms with E-state index in [2.05, 4.69) is 28.9 Å². The minimum absolute atomic E-state index is 0.126. The third kappa shape index (κ3) is 5.47. The van der Waals surface area contributed by atoms with Gasteiger partial charge in [0.25, 0.3) is 0 Å². The van der Waals surface area contributed by atoms with Gasteiger partial charge in [-0.2, -0.15) is 5.26 Å². The Labute approximate surface area is 172 Å². The highest BCUT2D eigenvalue weighted by Crippen LogP contribution is 2.36. The fourth-order valence-electron chi connectivity index (χ4n) is 3.66. The third-order valence-corrected chi connectivity index (χ3v) is 4.98. The van der Waals surface area contributed by atoms with Crippen LogP contribution in [0.25, 0.3) is 0 Å². The van der Waals surface area contributed by atoms with Crippen LogP contribution in [0.5, 0.6) is 5.75 Å². The molecule has 1 heterocycles. The molecule has 1 atom stereocenters. The lowest BCUT2D eigenvalue weighted by atomic mass is 10.1. The second kappa shape index (κ2) is 9.92. The van der Waals surface area contributed by atoms with E-state index in [9.17, 15) is 4.79 Å².